The van der Waals surface area contributed by atoms with Crippen molar-refractivity contribution < 1.29 is 9.66 Å². The number of para-hydroxylation sites is 1. The molecule has 108 valence electrons. The first-order valence-corrected chi connectivity index (χ1v) is 7.28. The quantitative estimate of drug-likeness (QED) is 0.671. The number of fused-ring (bicyclic) bond motifs is 1. The summed E-state index contributed by atoms with van der Waals surface area (Å²) in [6, 6.07) is 7.23. The Hall–Kier alpha value is -2.15. The molecule has 1 aliphatic rings. The first kappa shape index (κ1) is 13.8. The highest BCUT2D eigenvalue weighted by molar-refractivity contribution is 9.10. The van der Waals surface area contributed by atoms with Crippen molar-refractivity contribution in [3.8, 4) is 11.6 Å². The number of pyridine rings is 1. The molecule has 1 aliphatic heterocycles. The lowest BCUT2D eigenvalue weighted by molar-refractivity contribution is -0.385. The molecule has 0 spiro atoms. The lowest BCUT2D eigenvalue weighted by Crippen LogP contribution is -2.12. The number of halogens is 1. The maximum atomic E-state index is 10.7. The Kier molecular flexibility index (Phi) is 3.74. The predicted octanol–water partition coefficient (Wildman–Crippen LogP) is 3.90. The second-order valence-corrected chi connectivity index (χ2v) is 5.51. The van der Waals surface area contributed by atoms with Crippen molar-refractivity contribution in [3.63, 3.8) is 0 Å². The van der Waals surface area contributed by atoms with Gasteiger partial charge < -0.3 is 10.1 Å². The normalized spacial score (nSPS) is 13.2. The van der Waals surface area contributed by atoms with Crippen LogP contribution in [0.5, 0.6) is 11.6 Å². The van der Waals surface area contributed by atoms with Crippen LogP contribution in [0.15, 0.2) is 34.9 Å². The number of ether oxygens (including phenoxy) is 1. The maximum Gasteiger partial charge on any atom is 0.288 e. The van der Waals surface area contributed by atoms with Gasteiger partial charge in [0, 0.05) is 12.6 Å². The van der Waals surface area contributed by atoms with Crippen molar-refractivity contribution >= 4 is 27.3 Å². The molecule has 0 unspecified atom stereocenters. The number of anilines is 1. The Labute approximate surface area is 129 Å². The molecule has 0 fully saturated rings. The highest BCUT2D eigenvalue weighted by atomic mass is 79.9. The van der Waals surface area contributed by atoms with Gasteiger partial charge in [0.1, 0.15) is 6.20 Å². The number of nitro groups is 1. The molecule has 1 aromatic heterocycles. The molecule has 7 heteroatoms. The summed E-state index contributed by atoms with van der Waals surface area (Å²) in [4.78, 5) is 14.2. The molecule has 0 radical (unpaired) electrons. The van der Waals surface area contributed by atoms with Crippen LogP contribution in [0.2, 0.25) is 0 Å². The number of nitrogens with zero attached hydrogens (tertiary/aromatic N) is 2. The SMILES string of the molecule is O=[N+]([O-])c1cnc(Oc2cccc3c2NCCC3)c(Br)c1. The van der Waals surface area contributed by atoms with Gasteiger partial charge in [0.25, 0.3) is 5.69 Å². The van der Waals surface area contributed by atoms with Crippen LogP contribution >= 0.6 is 15.9 Å². The minimum Gasteiger partial charge on any atom is -0.436 e. The Morgan fingerprint density at radius 3 is 3.05 bits per heavy atom. The van der Waals surface area contributed by atoms with Crippen LogP contribution in [0.4, 0.5) is 11.4 Å². The fourth-order valence-electron chi connectivity index (χ4n) is 2.26. The van der Waals surface area contributed by atoms with Crippen LogP contribution in [0.3, 0.4) is 0 Å². The van der Waals surface area contributed by atoms with Gasteiger partial charge in [0.15, 0.2) is 5.75 Å². The summed E-state index contributed by atoms with van der Waals surface area (Å²) in [5.74, 6) is 0.982. The first-order valence-electron chi connectivity index (χ1n) is 6.48. The summed E-state index contributed by atoms with van der Waals surface area (Å²) in [7, 11) is 0. The molecule has 2 heterocycles. The smallest absolute Gasteiger partial charge is 0.288 e. The summed E-state index contributed by atoms with van der Waals surface area (Å²) in [6.07, 6.45) is 3.28. The molecular weight excluding hydrogens is 338 g/mol. The third-order valence-electron chi connectivity index (χ3n) is 3.25. The molecule has 0 aliphatic carbocycles. The lowest BCUT2D eigenvalue weighted by Gasteiger charge is -2.20. The van der Waals surface area contributed by atoms with Gasteiger partial charge in [0.05, 0.1) is 15.1 Å². The van der Waals surface area contributed by atoms with Gasteiger partial charge >= 0.3 is 0 Å². The topological polar surface area (TPSA) is 77.3 Å². The van der Waals surface area contributed by atoms with Crippen molar-refractivity contribution in [3.05, 3.63) is 50.6 Å². The first-order chi connectivity index (χ1) is 10.1. The van der Waals surface area contributed by atoms with E-state index in [2.05, 4.69) is 32.3 Å². The third kappa shape index (κ3) is 2.82. The van der Waals surface area contributed by atoms with Crippen LogP contribution in [0.1, 0.15) is 12.0 Å². The Morgan fingerprint density at radius 1 is 1.43 bits per heavy atom. The molecule has 1 aromatic carbocycles. The summed E-state index contributed by atoms with van der Waals surface area (Å²) < 4.78 is 6.25. The molecule has 6 nitrogen and oxygen atoms in total. The molecule has 0 amide bonds. The van der Waals surface area contributed by atoms with Gasteiger partial charge in [-0.25, -0.2) is 4.98 Å². The molecule has 2 aromatic rings. The van der Waals surface area contributed by atoms with Crippen LogP contribution in [-0.2, 0) is 6.42 Å². The van der Waals surface area contributed by atoms with Gasteiger partial charge in [-0.05, 0) is 40.4 Å². The number of hydrogen-bond donors (Lipinski definition) is 1. The van der Waals surface area contributed by atoms with Crippen molar-refractivity contribution in [1.29, 1.82) is 0 Å². The van der Waals surface area contributed by atoms with Crippen molar-refractivity contribution in [1.82, 2.24) is 4.98 Å². The standard InChI is InChI=1S/C14H12BrN3O3/c15-11-7-10(18(19)20)8-17-14(11)21-12-5-1-3-9-4-2-6-16-13(9)12/h1,3,5,7-8,16H,2,4,6H2. The largest absolute Gasteiger partial charge is 0.436 e. The fraction of sp³-hybridized carbons (Fsp3) is 0.214. The monoisotopic (exact) mass is 349 g/mol. The second kappa shape index (κ2) is 5.69. The van der Waals surface area contributed by atoms with E-state index in [1.165, 1.54) is 17.8 Å². The van der Waals surface area contributed by atoms with E-state index < -0.39 is 4.92 Å². The molecule has 21 heavy (non-hydrogen) atoms. The van der Waals surface area contributed by atoms with E-state index in [0.717, 1.165) is 25.1 Å². The number of nitrogens with one attached hydrogen (secondary N) is 1. The minimum atomic E-state index is -0.493. The number of hydrogen-bond acceptors (Lipinski definition) is 5. The maximum absolute atomic E-state index is 10.7. The van der Waals surface area contributed by atoms with Gasteiger partial charge in [-0.2, -0.15) is 0 Å². The van der Waals surface area contributed by atoms with Crippen molar-refractivity contribution in [2.75, 3.05) is 11.9 Å². The number of benzene rings is 1. The van der Waals surface area contributed by atoms with E-state index in [4.69, 9.17) is 4.74 Å². The fourth-order valence-corrected chi connectivity index (χ4v) is 2.68. The van der Waals surface area contributed by atoms with Gasteiger partial charge in [0.2, 0.25) is 5.88 Å². The van der Waals surface area contributed by atoms with E-state index in [1.54, 1.807) is 0 Å². The molecule has 0 atom stereocenters. The van der Waals surface area contributed by atoms with Gasteiger partial charge in [-0.1, -0.05) is 12.1 Å². The number of aryl methyl sites for hydroxylation is 1. The average molecular weight is 350 g/mol. The second-order valence-electron chi connectivity index (χ2n) is 4.66. The minimum absolute atomic E-state index is 0.0811. The predicted molar refractivity (Wildman–Crippen MR) is 81.9 cm³/mol. The third-order valence-corrected chi connectivity index (χ3v) is 3.82. The summed E-state index contributed by atoms with van der Waals surface area (Å²) in [5, 5.41) is 14.0. The molecule has 3 rings (SSSR count). The molecule has 0 saturated carbocycles. The zero-order chi connectivity index (χ0) is 14.8. The Balaban J connectivity index is 1.92. The van der Waals surface area contributed by atoms with Gasteiger partial charge in [-0.3, -0.25) is 10.1 Å². The van der Waals surface area contributed by atoms with E-state index in [-0.39, 0.29) is 5.69 Å². The van der Waals surface area contributed by atoms with Crippen LogP contribution in [0, 0.1) is 10.1 Å². The van der Waals surface area contributed by atoms with Crippen LogP contribution in [0.25, 0.3) is 0 Å². The number of rotatable bonds is 3. The van der Waals surface area contributed by atoms with Crippen molar-refractivity contribution in [2.45, 2.75) is 12.8 Å². The Morgan fingerprint density at radius 2 is 2.29 bits per heavy atom. The van der Waals surface area contributed by atoms with Crippen molar-refractivity contribution in [2.24, 2.45) is 0 Å². The highest BCUT2D eigenvalue weighted by Crippen LogP contribution is 2.37. The Bertz CT molecular complexity index is 706. The van der Waals surface area contributed by atoms with Crippen LogP contribution in [-0.4, -0.2) is 16.5 Å². The molecule has 1 N–H and O–H groups in total. The lowest BCUT2D eigenvalue weighted by atomic mass is 10.0. The summed E-state index contributed by atoms with van der Waals surface area (Å²) in [6.45, 7) is 0.905. The summed E-state index contributed by atoms with van der Waals surface area (Å²) in [5.41, 5.74) is 2.09. The zero-order valence-corrected chi connectivity index (χ0v) is 12.6. The number of aromatic nitrogens is 1. The highest BCUT2D eigenvalue weighted by Gasteiger charge is 2.17. The van der Waals surface area contributed by atoms with Gasteiger partial charge in [-0.15, -0.1) is 0 Å². The molecule has 0 bridgehead atoms. The summed E-state index contributed by atoms with van der Waals surface area (Å²) >= 11 is 3.26. The van der Waals surface area contributed by atoms with E-state index >= 15 is 0 Å². The molecular formula is C14H12BrN3O3. The average Bonchev–Trinajstić information content (AvgIpc) is 2.49. The van der Waals surface area contributed by atoms with E-state index in [9.17, 15) is 10.1 Å². The van der Waals surface area contributed by atoms with E-state index in [1.807, 2.05) is 12.1 Å². The van der Waals surface area contributed by atoms with Crippen LogP contribution < -0.4 is 10.1 Å². The zero-order valence-electron chi connectivity index (χ0n) is 11.0. The molecule has 0 saturated heterocycles. The van der Waals surface area contributed by atoms with E-state index in [0.29, 0.717) is 16.1 Å².